The van der Waals surface area contributed by atoms with E-state index in [2.05, 4.69) is 23.8 Å². The number of rotatable bonds is 7. The second kappa shape index (κ2) is 10.5. The fourth-order valence-electron chi connectivity index (χ4n) is 4.70. The standard InChI is InChI=1S/C28H28F4O2/c1-3-18-4-6-19(7-5-18)20-8-10-21(11-9-20)24-16-17(2)25(29)26(30)27(24)33-22-12-14-23(15-13-22)34-28(31)32/h8-16,18-19,28H,3-7H2,1-2H3. The Morgan fingerprint density at radius 1 is 0.853 bits per heavy atom. The quantitative estimate of drug-likeness (QED) is 0.319. The average Bonchev–Trinajstić information content (AvgIpc) is 2.85. The zero-order chi connectivity index (χ0) is 24.2. The lowest BCUT2D eigenvalue weighted by atomic mass is 9.77. The maximum Gasteiger partial charge on any atom is 0.387 e. The maximum absolute atomic E-state index is 15.0. The summed E-state index contributed by atoms with van der Waals surface area (Å²) in [4.78, 5) is 0. The number of ether oxygens (including phenoxy) is 2. The van der Waals surface area contributed by atoms with Gasteiger partial charge in [-0.25, -0.2) is 4.39 Å². The van der Waals surface area contributed by atoms with Gasteiger partial charge in [0.1, 0.15) is 11.5 Å². The predicted octanol–water partition coefficient (Wildman–Crippen LogP) is 9.02. The highest BCUT2D eigenvalue weighted by atomic mass is 19.3. The van der Waals surface area contributed by atoms with E-state index in [1.165, 1.54) is 68.9 Å². The Morgan fingerprint density at radius 3 is 2.06 bits per heavy atom. The Hall–Kier alpha value is -3.02. The monoisotopic (exact) mass is 472 g/mol. The van der Waals surface area contributed by atoms with Crippen molar-refractivity contribution < 1.29 is 27.0 Å². The highest BCUT2D eigenvalue weighted by Gasteiger charge is 2.23. The Balaban J connectivity index is 1.60. The third-order valence-corrected chi connectivity index (χ3v) is 6.73. The molecule has 0 unspecified atom stereocenters. The van der Waals surface area contributed by atoms with Crippen LogP contribution in [0.4, 0.5) is 17.6 Å². The molecule has 180 valence electrons. The first-order valence-electron chi connectivity index (χ1n) is 11.7. The fourth-order valence-corrected chi connectivity index (χ4v) is 4.70. The van der Waals surface area contributed by atoms with Crippen molar-refractivity contribution in [2.24, 2.45) is 5.92 Å². The molecule has 1 aliphatic carbocycles. The number of hydrogen-bond acceptors (Lipinski definition) is 2. The Kier molecular flexibility index (Phi) is 7.44. The predicted molar refractivity (Wildman–Crippen MR) is 125 cm³/mol. The van der Waals surface area contributed by atoms with Crippen LogP contribution in [0, 0.1) is 24.5 Å². The topological polar surface area (TPSA) is 18.5 Å². The molecule has 2 nitrogen and oxygen atoms in total. The summed E-state index contributed by atoms with van der Waals surface area (Å²) in [6.45, 7) is 0.795. The van der Waals surface area contributed by atoms with Crippen molar-refractivity contribution in [2.75, 3.05) is 0 Å². The van der Waals surface area contributed by atoms with E-state index in [1.54, 1.807) is 6.07 Å². The van der Waals surface area contributed by atoms with E-state index >= 15 is 0 Å². The first-order valence-corrected chi connectivity index (χ1v) is 11.7. The lowest BCUT2D eigenvalue weighted by Gasteiger charge is -2.28. The highest BCUT2D eigenvalue weighted by molar-refractivity contribution is 5.72. The molecule has 1 saturated carbocycles. The van der Waals surface area contributed by atoms with E-state index < -0.39 is 18.2 Å². The summed E-state index contributed by atoms with van der Waals surface area (Å²) in [5.41, 5.74) is 2.56. The Bertz CT molecular complexity index is 1100. The van der Waals surface area contributed by atoms with Crippen LogP contribution in [0.3, 0.4) is 0 Å². The summed E-state index contributed by atoms with van der Waals surface area (Å²) in [7, 11) is 0. The molecule has 0 saturated heterocycles. The number of halogens is 4. The molecule has 0 aromatic heterocycles. The lowest BCUT2D eigenvalue weighted by molar-refractivity contribution is -0.0498. The van der Waals surface area contributed by atoms with Gasteiger partial charge >= 0.3 is 6.61 Å². The molecule has 0 amide bonds. The molecule has 3 aromatic carbocycles. The number of alkyl halides is 2. The van der Waals surface area contributed by atoms with Crippen molar-refractivity contribution in [3.05, 3.63) is 77.4 Å². The van der Waals surface area contributed by atoms with Gasteiger partial charge in [0.15, 0.2) is 11.6 Å². The number of benzene rings is 3. The summed E-state index contributed by atoms with van der Waals surface area (Å²) in [6.07, 6.45) is 6.05. The Morgan fingerprint density at radius 2 is 1.47 bits per heavy atom. The third-order valence-electron chi connectivity index (χ3n) is 6.73. The Labute approximate surface area is 197 Å². The minimum Gasteiger partial charge on any atom is -0.454 e. The van der Waals surface area contributed by atoms with Gasteiger partial charge < -0.3 is 9.47 Å². The van der Waals surface area contributed by atoms with Crippen molar-refractivity contribution in [3.8, 4) is 28.4 Å². The van der Waals surface area contributed by atoms with Gasteiger partial charge in [0.05, 0.1) is 0 Å². The normalized spacial score (nSPS) is 18.2. The molecule has 6 heteroatoms. The van der Waals surface area contributed by atoms with Crippen molar-refractivity contribution in [1.29, 1.82) is 0 Å². The first-order chi connectivity index (χ1) is 16.4. The van der Waals surface area contributed by atoms with Gasteiger partial charge in [-0.05, 0) is 91.5 Å². The molecule has 1 aliphatic rings. The van der Waals surface area contributed by atoms with Crippen LogP contribution in [0.5, 0.6) is 17.2 Å². The van der Waals surface area contributed by atoms with Crippen molar-refractivity contribution in [3.63, 3.8) is 0 Å². The fraction of sp³-hybridized carbons (Fsp3) is 0.357. The highest BCUT2D eigenvalue weighted by Crippen LogP contribution is 2.41. The number of aryl methyl sites for hydroxylation is 1. The minimum atomic E-state index is -2.95. The SMILES string of the molecule is CCC1CCC(c2ccc(-c3cc(C)c(F)c(F)c3Oc3ccc(OC(F)F)cc3)cc2)CC1. The first kappa shape index (κ1) is 24.1. The van der Waals surface area contributed by atoms with Crippen molar-refractivity contribution in [1.82, 2.24) is 0 Å². The lowest BCUT2D eigenvalue weighted by Crippen LogP contribution is -2.12. The smallest absolute Gasteiger partial charge is 0.387 e. The summed E-state index contributed by atoms with van der Waals surface area (Å²) >= 11 is 0. The van der Waals surface area contributed by atoms with Crippen LogP contribution in [-0.2, 0) is 0 Å². The molecule has 0 N–H and O–H groups in total. The van der Waals surface area contributed by atoms with E-state index in [4.69, 9.17) is 4.74 Å². The summed E-state index contributed by atoms with van der Waals surface area (Å²) < 4.78 is 64.2. The zero-order valence-corrected chi connectivity index (χ0v) is 19.3. The van der Waals surface area contributed by atoms with E-state index in [0.29, 0.717) is 17.0 Å². The van der Waals surface area contributed by atoms with Gasteiger partial charge in [0.2, 0.25) is 5.82 Å². The largest absolute Gasteiger partial charge is 0.454 e. The van der Waals surface area contributed by atoms with Crippen LogP contribution in [0.1, 0.15) is 56.1 Å². The average molecular weight is 473 g/mol. The number of hydrogen-bond donors (Lipinski definition) is 0. The molecule has 0 aliphatic heterocycles. The van der Waals surface area contributed by atoms with Gasteiger partial charge in [-0.2, -0.15) is 13.2 Å². The second-order valence-electron chi connectivity index (χ2n) is 8.90. The molecule has 3 aromatic rings. The molecule has 1 fully saturated rings. The molecular formula is C28H28F4O2. The summed E-state index contributed by atoms with van der Waals surface area (Å²) in [6, 6.07) is 14.8. The van der Waals surface area contributed by atoms with E-state index in [1.807, 2.05) is 12.1 Å². The molecule has 0 heterocycles. The van der Waals surface area contributed by atoms with E-state index in [-0.39, 0.29) is 22.8 Å². The molecular weight excluding hydrogens is 444 g/mol. The van der Waals surface area contributed by atoms with Gasteiger partial charge in [0.25, 0.3) is 0 Å². The van der Waals surface area contributed by atoms with Gasteiger partial charge in [-0.15, -0.1) is 0 Å². The van der Waals surface area contributed by atoms with Crippen LogP contribution in [0.15, 0.2) is 54.6 Å². The van der Waals surface area contributed by atoms with Crippen LogP contribution < -0.4 is 9.47 Å². The van der Waals surface area contributed by atoms with Crippen LogP contribution >= 0.6 is 0 Å². The third kappa shape index (κ3) is 5.37. The summed E-state index contributed by atoms with van der Waals surface area (Å²) in [5.74, 6) is -0.868. The van der Waals surface area contributed by atoms with Gasteiger partial charge in [-0.3, -0.25) is 0 Å². The van der Waals surface area contributed by atoms with Crippen LogP contribution in [0.25, 0.3) is 11.1 Å². The van der Waals surface area contributed by atoms with E-state index in [9.17, 15) is 17.6 Å². The summed E-state index contributed by atoms with van der Waals surface area (Å²) in [5, 5.41) is 0. The molecule has 0 radical (unpaired) electrons. The molecule has 0 bridgehead atoms. The van der Waals surface area contributed by atoms with Crippen molar-refractivity contribution in [2.45, 2.75) is 58.5 Å². The van der Waals surface area contributed by atoms with Gasteiger partial charge in [-0.1, -0.05) is 37.6 Å². The van der Waals surface area contributed by atoms with E-state index in [0.717, 1.165) is 5.92 Å². The zero-order valence-electron chi connectivity index (χ0n) is 19.3. The molecule has 34 heavy (non-hydrogen) atoms. The van der Waals surface area contributed by atoms with Gasteiger partial charge in [0, 0.05) is 5.56 Å². The van der Waals surface area contributed by atoms with Crippen LogP contribution in [0.2, 0.25) is 0 Å². The van der Waals surface area contributed by atoms with Crippen molar-refractivity contribution >= 4 is 0 Å². The second-order valence-corrected chi connectivity index (χ2v) is 8.90. The maximum atomic E-state index is 15.0. The van der Waals surface area contributed by atoms with Crippen LogP contribution in [-0.4, -0.2) is 6.61 Å². The molecule has 0 spiro atoms. The molecule has 4 rings (SSSR count). The molecule has 0 atom stereocenters. The minimum absolute atomic E-state index is 0.0540.